The maximum atomic E-state index is 12.5. The third-order valence-corrected chi connectivity index (χ3v) is 7.53. The Hall–Kier alpha value is -2.75. The number of aromatic nitrogens is 4. The number of nitrogens with two attached hydrogens (primary N) is 2. The van der Waals surface area contributed by atoms with Crippen molar-refractivity contribution in [3.63, 3.8) is 0 Å². The second-order valence-corrected chi connectivity index (χ2v) is 11.5. The van der Waals surface area contributed by atoms with E-state index in [2.05, 4.69) is 21.9 Å². The molecule has 0 spiro atoms. The summed E-state index contributed by atoms with van der Waals surface area (Å²) in [6, 6.07) is -0.711. The van der Waals surface area contributed by atoms with E-state index in [0.717, 1.165) is 19.3 Å². The van der Waals surface area contributed by atoms with E-state index in [1.54, 1.807) is 12.5 Å². The van der Waals surface area contributed by atoms with E-state index in [0.29, 0.717) is 37.0 Å². The van der Waals surface area contributed by atoms with Gasteiger partial charge in [0.15, 0.2) is 5.65 Å². The highest BCUT2D eigenvalue weighted by Crippen LogP contribution is 2.16. The van der Waals surface area contributed by atoms with E-state index in [4.69, 9.17) is 20.9 Å². The molecule has 4 N–H and O–H groups in total. The predicted molar refractivity (Wildman–Crippen MR) is 163 cm³/mol. The van der Waals surface area contributed by atoms with Gasteiger partial charge in [-0.2, -0.15) is 4.98 Å². The van der Waals surface area contributed by atoms with Crippen molar-refractivity contribution >= 4 is 29.1 Å². The van der Waals surface area contributed by atoms with Crippen LogP contribution in [0.2, 0.25) is 0 Å². The van der Waals surface area contributed by atoms with Crippen molar-refractivity contribution in [3.8, 4) is 0 Å². The first-order valence-corrected chi connectivity index (χ1v) is 15.9. The van der Waals surface area contributed by atoms with Gasteiger partial charge in [-0.3, -0.25) is 9.59 Å². The standard InChI is InChI=1S/C31H54N6O4/c1-4-5-6-7-8-9-10-11-12-13-14-15-16-17-27(38)40-21-19-25(41-30(39)28(32)24(2)3)18-20-37-23-35-26-22-34-31(33)36-29(26)37/h22-25,28H,4-21,32H2,1-3H3,(H2,33,34,36)/t25?,28-/m0/s1. The monoisotopic (exact) mass is 574 g/mol. The molecule has 2 heterocycles. The summed E-state index contributed by atoms with van der Waals surface area (Å²) in [5.74, 6) is -0.533. The summed E-state index contributed by atoms with van der Waals surface area (Å²) < 4.78 is 13.0. The zero-order valence-corrected chi connectivity index (χ0v) is 25.7. The fourth-order valence-electron chi connectivity index (χ4n) is 4.76. The van der Waals surface area contributed by atoms with Gasteiger partial charge in [0.05, 0.1) is 19.1 Å². The number of nitrogen functional groups attached to an aromatic ring is 1. The number of carbonyl (C=O) groups excluding carboxylic acids is 2. The molecule has 232 valence electrons. The number of hydrogen-bond acceptors (Lipinski definition) is 9. The second-order valence-electron chi connectivity index (χ2n) is 11.5. The van der Waals surface area contributed by atoms with Crippen molar-refractivity contribution in [2.45, 2.75) is 142 Å². The van der Waals surface area contributed by atoms with Crippen LogP contribution in [0.25, 0.3) is 11.2 Å². The highest BCUT2D eigenvalue weighted by Gasteiger charge is 2.23. The lowest BCUT2D eigenvalue weighted by Crippen LogP contribution is -2.39. The molecule has 2 rings (SSSR count). The van der Waals surface area contributed by atoms with Gasteiger partial charge in [0.25, 0.3) is 0 Å². The summed E-state index contributed by atoms with van der Waals surface area (Å²) in [6.07, 6.45) is 20.5. The Labute approximate surface area is 246 Å². The maximum Gasteiger partial charge on any atom is 0.323 e. The fourth-order valence-corrected chi connectivity index (χ4v) is 4.76. The minimum Gasteiger partial charge on any atom is -0.466 e. The van der Waals surface area contributed by atoms with Crippen molar-refractivity contribution in [2.75, 3.05) is 12.3 Å². The number of rotatable bonds is 23. The van der Waals surface area contributed by atoms with Gasteiger partial charge in [-0.25, -0.2) is 9.97 Å². The number of hydrogen-bond donors (Lipinski definition) is 2. The molecule has 0 radical (unpaired) electrons. The van der Waals surface area contributed by atoms with E-state index in [1.165, 1.54) is 64.2 Å². The molecule has 0 aliphatic heterocycles. The normalized spacial score (nSPS) is 13.0. The molecule has 0 saturated heterocycles. The van der Waals surface area contributed by atoms with E-state index in [1.807, 2.05) is 18.4 Å². The first kappa shape index (κ1) is 34.5. The quantitative estimate of drug-likeness (QED) is 0.118. The molecule has 0 aromatic carbocycles. The summed E-state index contributed by atoms with van der Waals surface area (Å²) >= 11 is 0. The molecule has 0 saturated carbocycles. The Morgan fingerprint density at radius 1 is 0.902 bits per heavy atom. The van der Waals surface area contributed by atoms with Gasteiger partial charge >= 0.3 is 11.9 Å². The minimum absolute atomic E-state index is 0.0430. The molecule has 0 amide bonds. The first-order valence-electron chi connectivity index (χ1n) is 15.9. The number of nitrogens with zero attached hydrogens (tertiary/aromatic N) is 4. The Balaban J connectivity index is 1.65. The lowest BCUT2D eigenvalue weighted by atomic mass is 10.0. The van der Waals surface area contributed by atoms with Crippen molar-refractivity contribution in [1.82, 2.24) is 19.5 Å². The summed E-state index contributed by atoms with van der Waals surface area (Å²) in [5.41, 5.74) is 13.0. The average Bonchev–Trinajstić information content (AvgIpc) is 3.35. The van der Waals surface area contributed by atoms with E-state index >= 15 is 0 Å². The molecule has 2 aromatic heterocycles. The topological polar surface area (TPSA) is 148 Å². The van der Waals surface area contributed by atoms with Crippen LogP contribution < -0.4 is 11.5 Å². The molecule has 2 atom stereocenters. The number of fused-ring (bicyclic) bond motifs is 1. The highest BCUT2D eigenvalue weighted by atomic mass is 16.6. The van der Waals surface area contributed by atoms with Crippen LogP contribution in [-0.4, -0.2) is 50.2 Å². The van der Waals surface area contributed by atoms with Crippen LogP contribution >= 0.6 is 0 Å². The van der Waals surface area contributed by atoms with Gasteiger partial charge < -0.3 is 25.5 Å². The van der Waals surface area contributed by atoms with Crippen molar-refractivity contribution in [2.24, 2.45) is 11.7 Å². The molecule has 1 unspecified atom stereocenters. The fraction of sp³-hybridized carbons (Fsp3) is 0.774. The SMILES string of the molecule is CCCCCCCCCCCCCCCC(=O)OCCC(CCn1cnc2cnc(N)nc21)OC(=O)[C@@H](N)C(C)C. The number of aryl methyl sites for hydroxylation is 1. The highest BCUT2D eigenvalue weighted by molar-refractivity contribution is 5.76. The van der Waals surface area contributed by atoms with Gasteiger partial charge in [-0.05, 0) is 12.3 Å². The van der Waals surface area contributed by atoms with Crippen LogP contribution in [0, 0.1) is 5.92 Å². The smallest absolute Gasteiger partial charge is 0.323 e. The molecule has 2 aromatic rings. The molecule has 0 bridgehead atoms. The third-order valence-electron chi connectivity index (χ3n) is 7.53. The molecule has 10 heteroatoms. The van der Waals surface area contributed by atoms with Crippen LogP contribution in [0.1, 0.15) is 124 Å². The van der Waals surface area contributed by atoms with E-state index < -0.39 is 18.1 Å². The van der Waals surface area contributed by atoms with Gasteiger partial charge in [-0.1, -0.05) is 97.8 Å². The van der Waals surface area contributed by atoms with Crippen LogP contribution in [-0.2, 0) is 25.6 Å². The molecular formula is C31H54N6O4. The van der Waals surface area contributed by atoms with E-state index in [9.17, 15) is 9.59 Å². The predicted octanol–water partition coefficient (Wildman–Crippen LogP) is 6.11. The average molecular weight is 575 g/mol. The van der Waals surface area contributed by atoms with Crippen LogP contribution in [0.5, 0.6) is 0 Å². The van der Waals surface area contributed by atoms with Gasteiger partial charge in [-0.15, -0.1) is 0 Å². The number of carbonyl (C=O) groups is 2. The lowest BCUT2D eigenvalue weighted by molar-refractivity contribution is -0.154. The first-order chi connectivity index (χ1) is 19.8. The van der Waals surface area contributed by atoms with E-state index in [-0.39, 0.29) is 24.4 Å². The van der Waals surface area contributed by atoms with Gasteiger partial charge in [0.2, 0.25) is 5.95 Å². The number of anilines is 1. The molecule has 0 aliphatic rings. The Morgan fingerprint density at radius 2 is 1.51 bits per heavy atom. The molecule has 0 aliphatic carbocycles. The van der Waals surface area contributed by atoms with Crippen LogP contribution in [0.15, 0.2) is 12.5 Å². The molecule has 0 fully saturated rings. The second kappa shape index (κ2) is 20.2. The summed E-state index contributed by atoms with van der Waals surface area (Å²) in [7, 11) is 0. The largest absolute Gasteiger partial charge is 0.466 e. The Kier molecular flexibility index (Phi) is 17.0. The molecule has 10 nitrogen and oxygen atoms in total. The third kappa shape index (κ3) is 14.1. The summed E-state index contributed by atoms with van der Waals surface area (Å²) in [6.45, 7) is 6.69. The molecular weight excluding hydrogens is 520 g/mol. The summed E-state index contributed by atoms with van der Waals surface area (Å²) in [5, 5.41) is 0. The zero-order chi connectivity index (χ0) is 29.9. The Morgan fingerprint density at radius 3 is 2.12 bits per heavy atom. The van der Waals surface area contributed by atoms with Gasteiger partial charge in [0, 0.05) is 25.8 Å². The van der Waals surface area contributed by atoms with Crippen molar-refractivity contribution in [1.29, 1.82) is 0 Å². The Bertz CT molecular complexity index is 1010. The lowest BCUT2D eigenvalue weighted by Gasteiger charge is -2.22. The molecule has 41 heavy (non-hydrogen) atoms. The summed E-state index contributed by atoms with van der Waals surface area (Å²) in [4.78, 5) is 37.3. The number of esters is 2. The van der Waals surface area contributed by atoms with Crippen LogP contribution in [0.3, 0.4) is 0 Å². The zero-order valence-electron chi connectivity index (χ0n) is 25.7. The number of ether oxygens (including phenoxy) is 2. The van der Waals surface area contributed by atoms with Crippen molar-refractivity contribution < 1.29 is 19.1 Å². The minimum atomic E-state index is -0.711. The number of unbranched alkanes of at least 4 members (excludes halogenated alkanes) is 12. The maximum absolute atomic E-state index is 12.5. The number of imidazole rings is 1. The van der Waals surface area contributed by atoms with Gasteiger partial charge in [0.1, 0.15) is 17.7 Å². The van der Waals surface area contributed by atoms with Crippen LogP contribution in [0.4, 0.5) is 5.95 Å². The van der Waals surface area contributed by atoms with Crippen molar-refractivity contribution in [3.05, 3.63) is 12.5 Å².